The Kier molecular flexibility index (Phi) is 3.95. The lowest BCUT2D eigenvalue weighted by atomic mass is 10.2. The van der Waals surface area contributed by atoms with Crippen molar-refractivity contribution in [3.8, 4) is 0 Å². The molecule has 0 radical (unpaired) electrons. The highest BCUT2D eigenvalue weighted by Gasteiger charge is 2.13. The highest BCUT2D eigenvalue weighted by atomic mass is 16.5. The third-order valence-corrected chi connectivity index (χ3v) is 3.00. The number of carbonyl (C=O) groups excluding carboxylic acids is 1. The number of esters is 1. The standard InChI is InChI=1S/C15H15N5O2/c1-2-22-14(21)13-18-11-9-17-15(20-12(11)19-13)16-8-10-6-4-3-5-7-10/h3-7,9H,2,8H2,1H3,(H2,16,17,18,19,20). The van der Waals surface area contributed by atoms with Crippen molar-refractivity contribution >= 4 is 23.1 Å². The Morgan fingerprint density at radius 2 is 2.09 bits per heavy atom. The first-order chi connectivity index (χ1) is 10.8. The minimum atomic E-state index is -0.501. The first kappa shape index (κ1) is 14.0. The molecule has 0 saturated heterocycles. The van der Waals surface area contributed by atoms with Crippen LogP contribution in [0.2, 0.25) is 0 Å². The molecule has 0 amide bonds. The molecule has 0 aliphatic heterocycles. The van der Waals surface area contributed by atoms with Crippen molar-refractivity contribution in [3.63, 3.8) is 0 Å². The predicted molar refractivity (Wildman–Crippen MR) is 81.4 cm³/mol. The van der Waals surface area contributed by atoms with Gasteiger partial charge in [-0.25, -0.2) is 14.8 Å². The maximum Gasteiger partial charge on any atom is 0.374 e. The van der Waals surface area contributed by atoms with Gasteiger partial charge in [0.2, 0.25) is 11.8 Å². The molecular formula is C15H15N5O2. The van der Waals surface area contributed by atoms with E-state index in [0.717, 1.165) is 5.56 Å². The number of aromatic amines is 1. The molecule has 22 heavy (non-hydrogen) atoms. The number of hydrogen-bond donors (Lipinski definition) is 2. The Labute approximate surface area is 126 Å². The normalized spacial score (nSPS) is 10.6. The molecule has 0 saturated carbocycles. The summed E-state index contributed by atoms with van der Waals surface area (Å²) >= 11 is 0. The molecule has 0 fully saturated rings. The lowest BCUT2D eigenvalue weighted by molar-refractivity contribution is 0.0513. The molecule has 0 unspecified atom stereocenters. The average molecular weight is 297 g/mol. The number of carbonyl (C=O) groups is 1. The lowest BCUT2D eigenvalue weighted by Gasteiger charge is -2.03. The molecule has 0 bridgehead atoms. The van der Waals surface area contributed by atoms with E-state index in [9.17, 15) is 4.79 Å². The van der Waals surface area contributed by atoms with Crippen LogP contribution in [0.1, 0.15) is 23.1 Å². The number of H-pyrrole nitrogens is 1. The molecule has 7 nitrogen and oxygen atoms in total. The third-order valence-electron chi connectivity index (χ3n) is 3.00. The zero-order valence-electron chi connectivity index (χ0n) is 12.0. The third kappa shape index (κ3) is 3.03. The first-order valence-electron chi connectivity index (χ1n) is 6.94. The van der Waals surface area contributed by atoms with Gasteiger partial charge in [0.25, 0.3) is 0 Å². The van der Waals surface area contributed by atoms with E-state index in [2.05, 4.69) is 25.3 Å². The number of nitrogens with zero attached hydrogens (tertiary/aromatic N) is 3. The molecule has 3 rings (SSSR count). The minimum Gasteiger partial charge on any atom is -0.460 e. The van der Waals surface area contributed by atoms with Gasteiger partial charge in [-0.15, -0.1) is 0 Å². The molecule has 2 heterocycles. The first-order valence-corrected chi connectivity index (χ1v) is 6.94. The van der Waals surface area contributed by atoms with Crippen molar-refractivity contribution in [2.75, 3.05) is 11.9 Å². The molecule has 7 heteroatoms. The van der Waals surface area contributed by atoms with Gasteiger partial charge in [0, 0.05) is 6.54 Å². The zero-order valence-corrected chi connectivity index (χ0v) is 12.0. The molecule has 1 aromatic carbocycles. The predicted octanol–water partition coefficient (Wildman–Crippen LogP) is 2.14. The van der Waals surface area contributed by atoms with Gasteiger partial charge in [0.05, 0.1) is 12.8 Å². The highest BCUT2D eigenvalue weighted by molar-refractivity contribution is 5.89. The van der Waals surface area contributed by atoms with E-state index in [4.69, 9.17) is 4.74 Å². The Bertz CT molecular complexity index is 785. The highest BCUT2D eigenvalue weighted by Crippen LogP contribution is 2.11. The molecule has 3 aromatic rings. The SMILES string of the molecule is CCOC(=O)c1nc2cnc(NCc3ccccc3)nc2[nH]1. The number of aromatic nitrogens is 4. The summed E-state index contributed by atoms with van der Waals surface area (Å²) in [6, 6.07) is 9.94. The largest absolute Gasteiger partial charge is 0.460 e. The van der Waals surface area contributed by atoms with Crippen LogP contribution in [0.15, 0.2) is 36.5 Å². The van der Waals surface area contributed by atoms with Gasteiger partial charge in [-0.05, 0) is 12.5 Å². The van der Waals surface area contributed by atoms with E-state index in [1.165, 1.54) is 0 Å². The Hall–Kier alpha value is -2.96. The Balaban J connectivity index is 1.76. The summed E-state index contributed by atoms with van der Waals surface area (Å²) in [5, 5.41) is 3.13. The molecule has 0 spiro atoms. The van der Waals surface area contributed by atoms with Crippen molar-refractivity contribution in [2.45, 2.75) is 13.5 Å². The van der Waals surface area contributed by atoms with E-state index in [0.29, 0.717) is 30.3 Å². The van der Waals surface area contributed by atoms with Gasteiger partial charge in [0.1, 0.15) is 5.52 Å². The molecule has 112 valence electrons. The lowest BCUT2D eigenvalue weighted by Crippen LogP contribution is -2.06. The van der Waals surface area contributed by atoms with Crippen LogP contribution in [0.5, 0.6) is 0 Å². The average Bonchev–Trinajstić information content (AvgIpc) is 2.97. The number of hydrogen-bond acceptors (Lipinski definition) is 6. The number of ether oxygens (including phenoxy) is 1. The summed E-state index contributed by atoms with van der Waals surface area (Å²) in [5.41, 5.74) is 2.14. The van der Waals surface area contributed by atoms with Gasteiger partial charge in [-0.1, -0.05) is 30.3 Å². The summed E-state index contributed by atoms with van der Waals surface area (Å²) in [7, 11) is 0. The summed E-state index contributed by atoms with van der Waals surface area (Å²) in [4.78, 5) is 27.1. The molecule has 2 aromatic heterocycles. The molecule has 0 atom stereocenters. The number of rotatable bonds is 5. The second-order valence-corrected chi connectivity index (χ2v) is 4.57. The second kappa shape index (κ2) is 6.21. The van der Waals surface area contributed by atoms with Crippen LogP contribution in [-0.4, -0.2) is 32.5 Å². The van der Waals surface area contributed by atoms with E-state index in [1.54, 1.807) is 13.1 Å². The zero-order chi connectivity index (χ0) is 15.4. The van der Waals surface area contributed by atoms with E-state index >= 15 is 0 Å². The van der Waals surface area contributed by atoms with Crippen LogP contribution in [0.3, 0.4) is 0 Å². The fourth-order valence-electron chi connectivity index (χ4n) is 1.97. The van der Waals surface area contributed by atoms with Gasteiger partial charge in [-0.2, -0.15) is 4.98 Å². The van der Waals surface area contributed by atoms with Crippen LogP contribution in [0.4, 0.5) is 5.95 Å². The van der Waals surface area contributed by atoms with Crippen molar-refractivity contribution in [3.05, 3.63) is 47.9 Å². The summed E-state index contributed by atoms with van der Waals surface area (Å²) in [5.74, 6) is 0.0982. The number of imidazole rings is 1. The summed E-state index contributed by atoms with van der Waals surface area (Å²) in [6.45, 7) is 2.66. The van der Waals surface area contributed by atoms with E-state index < -0.39 is 5.97 Å². The molecule has 2 N–H and O–H groups in total. The molecular weight excluding hydrogens is 282 g/mol. The van der Waals surface area contributed by atoms with E-state index in [1.807, 2.05) is 30.3 Å². The summed E-state index contributed by atoms with van der Waals surface area (Å²) < 4.78 is 4.90. The monoisotopic (exact) mass is 297 g/mol. The fourth-order valence-corrected chi connectivity index (χ4v) is 1.97. The maximum absolute atomic E-state index is 11.6. The van der Waals surface area contributed by atoms with Crippen molar-refractivity contribution in [2.24, 2.45) is 0 Å². The smallest absolute Gasteiger partial charge is 0.374 e. The van der Waals surface area contributed by atoms with Crippen molar-refractivity contribution in [1.82, 2.24) is 19.9 Å². The number of benzene rings is 1. The number of anilines is 1. The van der Waals surface area contributed by atoms with Gasteiger partial charge in [-0.3, -0.25) is 0 Å². The van der Waals surface area contributed by atoms with Gasteiger partial charge in [0.15, 0.2) is 5.65 Å². The minimum absolute atomic E-state index is 0.131. The quantitative estimate of drug-likeness (QED) is 0.701. The van der Waals surface area contributed by atoms with Crippen molar-refractivity contribution in [1.29, 1.82) is 0 Å². The Morgan fingerprint density at radius 3 is 2.86 bits per heavy atom. The fraction of sp³-hybridized carbons (Fsp3) is 0.200. The van der Waals surface area contributed by atoms with Gasteiger partial charge < -0.3 is 15.0 Å². The van der Waals surface area contributed by atoms with Crippen LogP contribution >= 0.6 is 0 Å². The molecule has 0 aliphatic rings. The second-order valence-electron chi connectivity index (χ2n) is 4.57. The van der Waals surface area contributed by atoms with E-state index in [-0.39, 0.29) is 5.82 Å². The van der Waals surface area contributed by atoms with Crippen LogP contribution in [0.25, 0.3) is 11.2 Å². The summed E-state index contributed by atoms with van der Waals surface area (Å²) in [6.07, 6.45) is 1.56. The maximum atomic E-state index is 11.6. The van der Waals surface area contributed by atoms with Crippen LogP contribution < -0.4 is 5.32 Å². The van der Waals surface area contributed by atoms with Crippen LogP contribution in [0, 0.1) is 0 Å². The Morgan fingerprint density at radius 1 is 1.27 bits per heavy atom. The van der Waals surface area contributed by atoms with Gasteiger partial charge >= 0.3 is 5.97 Å². The number of nitrogens with one attached hydrogen (secondary N) is 2. The molecule has 0 aliphatic carbocycles. The van der Waals surface area contributed by atoms with Crippen molar-refractivity contribution < 1.29 is 9.53 Å². The topological polar surface area (TPSA) is 92.8 Å². The van der Waals surface area contributed by atoms with Crippen LogP contribution in [-0.2, 0) is 11.3 Å². The number of fused-ring (bicyclic) bond motifs is 1.